The maximum absolute atomic E-state index is 8.95. The van der Waals surface area contributed by atoms with Crippen LogP contribution in [0.1, 0.15) is 9.60 Å². The highest BCUT2D eigenvalue weighted by Crippen LogP contribution is 2.41. The average molecular weight is 581 g/mol. The quantitative estimate of drug-likeness (QED) is 0.189. The second kappa shape index (κ2) is 11.6. The molecule has 0 aliphatic carbocycles. The number of hydrogen-bond donors (Lipinski definition) is 0. The molecule has 0 aromatic heterocycles. The van der Waals surface area contributed by atoms with Gasteiger partial charge in [0.25, 0.3) is 0 Å². The highest BCUT2D eigenvalue weighted by molar-refractivity contribution is 6.01. The van der Waals surface area contributed by atoms with Crippen LogP contribution in [0.25, 0.3) is 54.9 Å². The van der Waals surface area contributed by atoms with Crippen LogP contribution in [0.3, 0.4) is 0 Å². The fourth-order valence-corrected chi connectivity index (χ4v) is 5.95. The molecule has 0 amide bonds. The van der Waals surface area contributed by atoms with E-state index in [2.05, 4.69) is 89.8 Å². The summed E-state index contributed by atoms with van der Waals surface area (Å²) in [6.07, 6.45) is 0. The van der Waals surface area contributed by atoms with Crippen LogP contribution in [0.5, 0.6) is 0 Å². The molecule has 0 unspecified atom stereocenters. The summed E-state index contributed by atoms with van der Waals surface area (Å²) in [6.45, 7) is 0. The van der Waals surface area contributed by atoms with Gasteiger partial charge in [0.2, 0.25) is 0 Å². The van der Waals surface area contributed by atoms with Crippen molar-refractivity contribution < 1.29 is 9.60 Å². The molecule has 0 bridgehead atoms. The molecule has 0 radical (unpaired) electrons. The van der Waals surface area contributed by atoms with Gasteiger partial charge in [0.15, 0.2) is 0 Å². The predicted molar refractivity (Wildman–Crippen MR) is 192 cm³/mol. The molecule has 1 heteroatoms. The number of fused-ring (bicyclic) bond motifs is 2. The van der Waals surface area contributed by atoms with Gasteiger partial charge in [-0.25, -0.2) is 0 Å². The molecular weight excluding hydrogens is 542 g/mol. The number of nitrogens with zero attached hydrogens (tertiary/aromatic N) is 1. The lowest BCUT2D eigenvalue weighted by Crippen LogP contribution is -2.10. The largest absolute Gasteiger partial charge is 0.310 e. The first-order valence-corrected chi connectivity index (χ1v) is 14.9. The first-order valence-electron chi connectivity index (χ1n) is 18.4. The van der Waals surface area contributed by atoms with Crippen LogP contribution < -0.4 is 4.90 Å². The van der Waals surface area contributed by atoms with Gasteiger partial charge in [-0.15, -0.1) is 0 Å². The molecule has 0 N–H and O–H groups in total. The van der Waals surface area contributed by atoms with E-state index in [4.69, 9.17) is 9.60 Å². The van der Waals surface area contributed by atoms with E-state index in [-0.39, 0.29) is 40.5 Å². The first kappa shape index (κ1) is 20.1. The van der Waals surface area contributed by atoms with Gasteiger partial charge in [0, 0.05) is 16.8 Å². The minimum atomic E-state index is -0.472. The molecule has 0 aliphatic heterocycles. The second-order valence-electron chi connectivity index (χ2n) is 10.9. The van der Waals surface area contributed by atoms with Gasteiger partial charge in [-0.1, -0.05) is 158 Å². The first-order chi connectivity index (χ1) is 25.2. The smallest absolute Gasteiger partial charge is 0.0629 e. The van der Waals surface area contributed by atoms with Crippen LogP contribution >= 0.6 is 0 Å². The summed E-state index contributed by atoms with van der Waals surface area (Å²) in [7, 11) is 0. The Labute approximate surface area is 274 Å². The van der Waals surface area contributed by atoms with E-state index in [0.717, 1.165) is 50.1 Å². The monoisotopic (exact) mass is 580 g/mol. The summed E-state index contributed by atoms with van der Waals surface area (Å²) in [4.78, 5) is 2.13. The minimum Gasteiger partial charge on any atom is -0.310 e. The Bertz CT molecular complexity index is 2620. The van der Waals surface area contributed by atoms with E-state index >= 15 is 0 Å². The lowest BCUT2D eigenvalue weighted by atomic mass is 9.97. The Morgan fingerprint density at radius 2 is 0.978 bits per heavy atom. The third kappa shape index (κ3) is 5.15. The summed E-state index contributed by atoms with van der Waals surface area (Å²) in [5.41, 5.74) is 7.73. The third-order valence-electron chi connectivity index (χ3n) is 8.16. The fourth-order valence-electron chi connectivity index (χ4n) is 5.95. The van der Waals surface area contributed by atoms with Crippen LogP contribution in [0, 0.1) is 0 Å². The maximum atomic E-state index is 8.95. The lowest BCUT2D eigenvalue weighted by Gasteiger charge is -2.27. The highest BCUT2D eigenvalue weighted by Gasteiger charge is 2.17. The Morgan fingerprint density at radius 3 is 1.78 bits per heavy atom. The number of anilines is 3. The zero-order valence-corrected chi connectivity index (χ0v) is 24.3. The SMILES string of the molecule is [2H]c1c([2H])c([2H])c2c(-c3cccc(N(c4ccc(-c5ccc(-c6ccccc6)cc5)cc4)c4cccc5ccccc45)c3)c([2H])c([2H])c([2H])c2c1[2H]. The van der Waals surface area contributed by atoms with Crippen molar-refractivity contribution in [2.24, 2.45) is 0 Å². The van der Waals surface area contributed by atoms with E-state index < -0.39 is 18.1 Å². The Kier molecular flexibility index (Phi) is 5.20. The zero-order valence-electron chi connectivity index (χ0n) is 31.3. The molecule has 8 aromatic rings. The molecule has 8 aromatic carbocycles. The molecule has 0 fully saturated rings. The molecular formula is C44H31N. The molecule has 45 heavy (non-hydrogen) atoms. The van der Waals surface area contributed by atoms with Crippen molar-refractivity contribution in [1.29, 1.82) is 0 Å². The molecule has 212 valence electrons. The van der Waals surface area contributed by atoms with E-state index in [1.54, 1.807) is 6.07 Å². The molecule has 0 saturated carbocycles. The average Bonchev–Trinajstić information content (AvgIpc) is 3.19. The Morgan fingerprint density at radius 1 is 0.378 bits per heavy atom. The van der Waals surface area contributed by atoms with Crippen molar-refractivity contribution >= 4 is 38.6 Å². The topological polar surface area (TPSA) is 3.24 Å². The number of benzene rings is 8. The molecule has 0 saturated heterocycles. The van der Waals surface area contributed by atoms with E-state index in [1.807, 2.05) is 54.6 Å². The van der Waals surface area contributed by atoms with Crippen molar-refractivity contribution in [3.63, 3.8) is 0 Å². The molecule has 0 heterocycles. The molecule has 0 aliphatic rings. The van der Waals surface area contributed by atoms with Crippen molar-refractivity contribution in [3.8, 4) is 33.4 Å². The van der Waals surface area contributed by atoms with Gasteiger partial charge in [-0.05, 0) is 79.9 Å². The third-order valence-corrected chi connectivity index (χ3v) is 8.16. The van der Waals surface area contributed by atoms with Gasteiger partial charge in [-0.2, -0.15) is 0 Å². The predicted octanol–water partition coefficient (Wildman–Crippen LogP) is 12.5. The minimum absolute atomic E-state index is 0.0634. The van der Waals surface area contributed by atoms with Gasteiger partial charge >= 0.3 is 0 Å². The van der Waals surface area contributed by atoms with E-state index in [0.29, 0.717) is 5.56 Å². The lowest BCUT2D eigenvalue weighted by molar-refractivity contribution is 1.30. The van der Waals surface area contributed by atoms with Crippen LogP contribution in [0.4, 0.5) is 17.1 Å². The Balaban J connectivity index is 1.29. The number of rotatable bonds is 6. The summed E-state index contributed by atoms with van der Waals surface area (Å²) in [5.74, 6) is 0. The van der Waals surface area contributed by atoms with E-state index in [1.165, 1.54) is 0 Å². The van der Waals surface area contributed by atoms with Crippen molar-refractivity contribution in [2.75, 3.05) is 4.90 Å². The summed E-state index contributed by atoms with van der Waals surface area (Å²) in [5, 5.41) is 2.10. The summed E-state index contributed by atoms with van der Waals surface area (Å²) in [6, 6.07) is 46.2. The van der Waals surface area contributed by atoms with Gasteiger partial charge in [-0.3, -0.25) is 0 Å². The summed E-state index contributed by atoms with van der Waals surface area (Å²) < 4.78 is 60.1. The molecule has 8 rings (SSSR count). The van der Waals surface area contributed by atoms with Crippen LogP contribution in [-0.2, 0) is 0 Å². The maximum Gasteiger partial charge on any atom is 0.0629 e. The van der Waals surface area contributed by atoms with Crippen LogP contribution in [0.2, 0.25) is 0 Å². The van der Waals surface area contributed by atoms with Crippen molar-refractivity contribution in [2.45, 2.75) is 0 Å². The molecule has 0 atom stereocenters. The fraction of sp³-hybridized carbons (Fsp3) is 0. The van der Waals surface area contributed by atoms with Crippen LogP contribution in [-0.4, -0.2) is 0 Å². The highest BCUT2D eigenvalue weighted by atomic mass is 15.1. The normalized spacial score (nSPS) is 13.3. The molecule has 1 nitrogen and oxygen atoms in total. The van der Waals surface area contributed by atoms with Crippen molar-refractivity contribution in [3.05, 3.63) is 188 Å². The van der Waals surface area contributed by atoms with Gasteiger partial charge < -0.3 is 4.90 Å². The number of hydrogen-bond acceptors (Lipinski definition) is 1. The zero-order chi connectivity index (χ0) is 36.1. The van der Waals surface area contributed by atoms with Crippen LogP contribution in [0.15, 0.2) is 188 Å². The molecule has 0 spiro atoms. The standard InChI is InChI=1S/C44H31N/c1-2-11-32(12-3-1)33-23-25-34(26-24-33)35-27-29-39(30-28-35)45(44-22-10-16-37-14-5-7-20-43(37)44)40-18-8-17-38(31-40)42-21-9-15-36-13-4-6-19-41(36)42/h1-31H/i4D,6D,9D,13D,15D,19D,21D. The van der Waals surface area contributed by atoms with E-state index in [9.17, 15) is 0 Å². The van der Waals surface area contributed by atoms with Gasteiger partial charge in [0.05, 0.1) is 15.3 Å². The van der Waals surface area contributed by atoms with Crippen molar-refractivity contribution in [1.82, 2.24) is 0 Å². The summed E-state index contributed by atoms with van der Waals surface area (Å²) >= 11 is 0. The van der Waals surface area contributed by atoms with Gasteiger partial charge in [0.1, 0.15) is 0 Å². The second-order valence-corrected chi connectivity index (χ2v) is 10.9. The Hall–Kier alpha value is -5.92.